The number of amides is 1. The number of benzene rings is 2. The molecule has 3 rings (SSSR count). The minimum Gasteiger partial charge on any atom is -0.504 e. The highest BCUT2D eigenvalue weighted by Gasteiger charge is 2.28. The van der Waals surface area contributed by atoms with Crippen molar-refractivity contribution in [2.45, 2.75) is 25.3 Å². The maximum atomic E-state index is 12.9. The van der Waals surface area contributed by atoms with Gasteiger partial charge in [0.05, 0.1) is 12.7 Å². The molecule has 1 N–H and O–H groups in total. The van der Waals surface area contributed by atoms with Crippen LogP contribution in [0.1, 0.15) is 28.8 Å². The number of likely N-dealkylation sites (N-methyl/N-ethyl adjacent to an activating group) is 1. The number of carbonyl (C=O) groups excluding carboxylic acids is 1. The summed E-state index contributed by atoms with van der Waals surface area (Å²) in [7, 11) is 3.62. The number of phenols is 1. The van der Waals surface area contributed by atoms with Crippen LogP contribution in [-0.4, -0.2) is 60.6 Å². The van der Waals surface area contributed by atoms with Crippen molar-refractivity contribution in [1.29, 1.82) is 0 Å². The van der Waals surface area contributed by atoms with Crippen LogP contribution in [0.5, 0.6) is 11.5 Å². The second-order valence-electron chi connectivity index (χ2n) is 7.12. The highest BCUT2D eigenvalue weighted by Crippen LogP contribution is 2.31. The summed E-state index contributed by atoms with van der Waals surface area (Å²) in [4.78, 5) is 17.1. The highest BCUT2D eigenvalue weighted by molar-refractivity contribution is 5.97. The number of methoxy groups -OCH3 is 1. The first-order valence-electron chi connectivity index (χ1n) is 9.49. The summed E-state index contributed by atoms with van der Waals surface area (Å²) in [5, 5.41) is 10.3. The van der Waals surface area contributed by atoms with Crippen LogP contribution < -0.4 is 4.74 Å². The number of ether oxygens (including phenoxy) is 1. The van der Waals surface area contributed by atoms with Gasteiger partial charge in [0, 0.05) is 25.7 Å². The second kappa shape index (κ2) is 8.91. The standard InChI is InChI=1S/C22H28N2O3/c1-23(15-13-17-8-4-3-5-9-17)18-10-7-14-24(16-18)22(26)19-11-6-12-20(27-2)21(19)25/h3-6,8-9,11-12,18,25H,7,10,13-16H2,1-2H3/t18-/m1/s1. The zero-order valence-corrected chi connectivity index (χ0v) is 16.1. The molecule has 0 bridgehead atoms. The summed E-state index contributed by atoms with van der Waals surface area (Å²) in [6, 6.07) is 15.8. The maximum Gasteiger partial charge on any atom is 0.257 e. The molecule has 144 valence electrons. The lowest BCUT2D eigenvalue weighted by atomic mass is 10.0. The molecule has 0 radical (unpaired) electrons. The van der Waals surface area contributed by atoms with E-state index in [0.29, 0.717) is 23.9 Å². The molecule has 1 aliphatic heterocycles. The Morgan fingerprint density at radius 2 is 2.00 bits per heavy atom. The molecule has 1 aliphatic rings. The van der Waals surface area contributed by atoms with Gasteiger partial charge in [-0.15, -0.1) is 0 Å². The van der Waals surface area contributed by atoms with Crippen molar-refractivity contribution in [3.8, 4) is 11.5 Å². The van der Waals surface area contributed by atoms with E-state index in [1.807, 2.05) is 11.0 Å². The SMILES string of the molecule is COc1cccc(C(=O)N2CCC[C@@H](N(C)CCc3ccccc3)C2)c1O. The molecular formula is C22H28N2O3. The summed E-state index contributed by atoms with van der Waals surface area (Å²) in [6.07, 6.45) is 3.05. The average molecular weight is 368 g/mol. The maximum absolute atomic E-state index is 12.9. The largest absolute Gasteiger partial charge is 0.504 e. The normalized spacial score (nSPS) is 17.1. The van der Waals surface area contributed by atoms with Gasteiger partial charge in [-0.25, -0.2) is 0 Å². The lowest BCUT2D eigenvalue weighted by molar-refractivity contribution is 0.0608. The van der Waals surface area contributed by atoms with Crippen LogP contribution in [0.4, 0.5) is 0 Å². The van der Waals surface area contributed by atoms with Gasteiger partial charge in [0.1, 0.15) is 0 Å². The molecule has 1 heterocycles. The van der Waals surface area contributed by atoms with Crippen molar-refractivity contribution >= 4 is 5.91 Å². The molecule has 5 nitrogen and oxygen atoms in total. The molecule has 2 aromatic carbocycles. The van der Waals surface area contributed by atoms with Gasteiger partial charge < -0.3 is 19.6 Å². The van der Waals surface area contributed by atoms with E-state index in [4.69, 9.17) is 4.74 Å². The first kappa shape index (κ1) is 19.2. The van der Waals surface area contributed by atoms with Gasteiger partial charge in [-0.1, -0.05) is 36.4 Å². The number of piperidine rings is 1. The number of likely N-dealkylation sites (tertiary alicyclic amines) is 1. The summed E-state index contributed by atoms with van der Waals surface area (Å²) in [5.41, 5.74) is 1.64. The lowest BCUT2D eigenvalue weighted by Gasteiger charge is -2.38. The fourth-order valence-corrected chi connectivity index (χ4v) is 3.66. The summed E-state index contributed by atoms with van der Waals surface area (Å²) in [6.45, 7) is 2.36. The quantitative estimate of drug-likeness (QED) is 0.851. The molecule has 0 spiro atoms. The molecule has 2 aromatic rings. The molecule has 27 heavy (non-hydrogen) atoms. The Kier molecular flexibility index (Phi) is 6.35. The highest BCUT2D eigenvalue weighted by atomic mass is 16.5. The monoisotopic (exact) mass is 368 g/mol. The van der Waals surface area contributed by atoms with E-state index in [-0.39, 0.29) is 11.7 Å². The number of hydrogen-bond acceptors (Lipinski definition) is 4. The molecule has 0 unspecified atom stereocenters. The zero-order valence-electron chi connectivity index (χ0n) is 16.1. The minimum atomic E-state index is -0.132. The molecule has 0 aromatic heterocycles. The van der Waals surface area contributed by atoms with Crippen molar-refractivity contribution in [2.75, 3.05) is 33.8 Å². The Balaban J connectivity index is 1.62. The third kappa shape index (κ3) is 4.61. The molecule has 1 fully saturated rings. The van der Waals surface area contributed by atoms with E-state index in [2.05, 4.69) is 36.2 Å². The van der Waals surface area contributed by atoms with E-state index in [0.717, 1.165) is 32.4 Å². The Bertz CT molecular complexity index is 763. The number of nitrogens with zero attached hydrogens (tertiary/aromatic N) is 2. The van der Waals surface area contributed by atoms with Crippen LogP contribution in [0.25, 0.3) is 0 Å². The van der Waals surface area contributed by atoms with Crippen molar-refractivity contribution in [3.63, 3.8) is 0 Å². The van der Waals surface area contributed by atoms with E-state index >= 15 is 0 Å². The van der Waals surface area contributed by atoms with Gasteiger partial charge in [0.25, 0.3) is 5.91 Å². The average Bonchev–Trinajstić information content (AvgIpc) is 2.72. The van der Waals surface area contributed by atoms with Crippen LogP contribution >= 0.6 is 0 Å². The predicted octanol–water partition coefficient (Wildman–Crippen LogP) is 3.18. The van der Waals surface area contributed by atoms with Gasteiger partial charge in [-0.3, -0.25) is 4.79 Å². The van der Waals surface area contributed by atoms with E-state index in [9.17, 15) is 9.90 Å². The Labute approximate surface area is 161 Å². The van der Waals surface area contributed by atoms with Crippen LogP contribution in [0.3, 0.4) is 0 Å². The summed E-state index contributed by atoms with van der Waals surface area (Å²) < 4.78 is 5.13. The van der Waals surface area contributed by atoms with Crippen molar-refractivity contribution < 1.29 is 14.6 Å². The van der Waals surface area contributed by atoms with Gasteiger partial charge in [-0.05, 0) is 44.0 Å². The third-order valence-electron chi connectivity index (χ3n) is 5.35. The third-order valence-corrected chi connectivity index (χ3v) is 5.35. The van der Waals surface area contributed by atoms with Gasteiger partial charge in [-0.2, -0.15) is 0 Å². The van der Waals surface area contributed by atoms with Crippen LogP contribution in [0, 0.1) is 0 Å². The van der Waals surface area contributed by atoms with Gasteiger partial charge in [0.2, 0.25) is 0 Å². The fourth-order valence-electron chi connectivity index (χ4n) is 3.66. The zero-order chi connectivity index (χ0) is 19.2. The number of aromatic hydroxyl groups is 1. The Morgan fingerprint density at radius 1 is 1.22 bits per heavy atom. The lowest BCUT2D eigenvalue weighted by Crippen LogP contribution is -2.49. The smallest absolute Gasteiger partial charge is 0.257 e. The molecule has 0 saturated carbocycles. The first-order valence-corrected chi connectivity index (χ1v) is 9.49. The summed E-state index contributed by atoms with van der Waals surface area (Å²) >= 11 is 0. The molecule has 1 amide bonds. The molecule has 1 atom stereocenters. The first-order chi connectivity index (χ1) is 13.1. The van der Waals surface area contributed by atoms with E-state index < -0.39 is 0 Å². The molecule has 5 heteroatoms. The van der Waals surface area contributed by atoms with Crippen LogP contribution in [-0.2, 0) is 6.42 Å². The number of phenolic OH excluding ortho intramolecular Hbond substituents is 1. The van der Waals surface area contributed by atoms with Crippen molar-refractivity contribution in [3.05, 3.63) is 59.7 Å². The molecule has 1 saturated heterocycles. The Hall–Kier alpha value is -2.53. The van der Waals surface area contributed by atoms with Gasteiger partial charge in [0.15, 0.2) is 11.5 Å². The molecule has 0 aliphatic carbocycles. The topological polar surface area (TPSA) is 53.0 Å². The number of hydrogen-bond donors (Lipinski definition) is 1. The predicted molar refractivity (Wildman–Crippen MR) is 106 cm³/mol. The van der Waals surface area contributed by atoms with E-state index in [1.54, 1.807) is 18.2 Å². The second-order valence-corrected chi connectivity index (χ2v) is 7.12. The Morgan fingerprint density at radius 3 is 2.74 bits per heavy atom. The van der Waals surface area contributed by atoms with E-state index in [1.165, 1.54) is 12.7 Å². The van der Waals surface area contributed by atoms with Crippen molar-refractivity contribution in [1.82, 2.24) is 9.80 Å². The van der Waals surface area contributed by atoms with Gasteiger partial charge >= 0.3 is 0 Å². The van der Waals surface area contributed by atoms with Crippen LogP contribution in [0.15, 0.2) is 48.5 Å². The minimum absolute atomic E-state index is 0.0791. The number of rotatable bonds is 6. The van der Waals surface area contributed by atoms with Crippen LogP contribution in [0.2, 0.25) is 0 Å². The number of carbonyl (C=O) groups is 1. The van der Waals surface area contributed by atoms with Crippen molar-refractivity contribution in [2.24, 2.45) is 0 Å². The summed E-state index contributed by atoms with van der Waals surface area (Å²) in [5.74, 6) is 0.117. The number of para-hydroxylation sites is 1. The fraction of sp³-hybridized carbons (Fsp3) is 0.409. The molecular weight excluding hydrogens is 340 g/mol.